The second-order valence-electron chi connectivity index (χ2n) is 4.67. The summed E-state index contributed by atoms with van der Waals surface area (Å²) in [6, 6.07) is 12.2. The van der Waals surface area contributed by atoms with E-state index >= 15 is 0 Å². The maximum atomic E-state index is 9.03. The highest BCUT2D eigenvalue weighted by Crippen LogP contribution is 2.27. The standard InChI is InChI=1S/C15H12ClN5S/c16-14-13(6-17)15(22-20-14)18-7-12-8-19-21(10-12)9-11-4-2-1-3-5-11/h1-5,8,10,18H,7,9H2. The molecular formula is C15H12ClN5S. The molecule has 0 bridgehead atoms. The second kappa shape index (κ2) is 6.60. The van der Waals surface area contributed by atoms with Gasteiger partial charge >= 0.3 is 0 Å². The van der Waals surface area contributed by atoms with Crippen LogP contribution in [0.2, 0.25) is 5.15 Å². The highest BCUT2D eigenvalue weighted by atomic mass is 35.5. The first-order chi connectivity index (χ1) is 10.8. The SMILES string of the molecule is N#Cc1c(Cl)nsc1NCc1cnn(Cc2ccccc2)c1. The molecule has 7 heteroatoms. The first kappa shape index (κ1) is 14.6. The van der Waals surface area contributed by atoms with Gasteiger partial charge in [0.25, 0.3) is 0 Å². The molecule has 0 fully saturated rings. The largest absolute Gasteiger partial charge is 0.370 e. The van der Waals surface area contributed by atoms with Crippen LogP contribution in [-0.2, 0) is 13.1 Å². The van der Waals surface area contributed by atoms with E-state index < -0.39 is 0 Å². The van der Waals surface area contributed by atoms with Gasteiger partial charge in [-0.05, 0) is 17.1 Å². The summed E-state index contributed by atoms with van der Waals surface area (Å²) in [5, 5.41) is 17.5. The Balaban J connectivity index is 1.64. The lowest BCUT2D eigenvalue weighted by Gasteiger charge is -2.02. The van der Waals surface area contributed by atoms with Gasteiger partial charge in [0.15, 0.2) is 5.15 Å². The molecule has 3 rings (SSSR count). The lowest BCUT2D eigenvalue weighted by molar-refractivity contribution is 0.686. The van der Waals surface area contributed by atoms with E-state index in [2.05, 4.69) is 33.0 Å². The Labute approximate surface area is 136 Å². The van der Waals surface area contributed by atoms with E-state index in [1.165, 1.54) is 17.1 Å². The van der Waals surface area contributed by atoms with Crippen LogP contribution < -0.4 is 5.32 Å². The zero-order valence-corrected chi connectivity index (χ0v) is 13.1. The Kier molecular flexibility index (Phi) is 4.37. The van der Waals surface area contributed by atoms with Crippen molar-refractivity contribution in [1.82, 2.24) is 14.2 Å². The zero-order valence-electron chi connectivity index (χ0n) is 11.5. The predicted molar refractivity (Wildman–Crippen MR) is 86.9 cm³/mol. The van der Waals surface area contributed by atoms with Crippen LogP contribution >= 0.6 is 23.1 Å². The maximum absolute atomic E-state index is 9.03. The molecule has 0 saturated heterocycles. The number of rotatable bonds is 5. The topological polar surface area (TPSA) is 66.5 Å². The predicted octanol–water partition coefficient (Wildman–Crippen LogP) is 3.53. The van der Waals surface area contributed by atoms with Crippen LogP contribution in [0.5, 0.6) is 0 Å². The first-order valence-electron chi connectivity index (χ1n) is 6.60. The van der Waals surface area contributed by atoms with Gasteiger partial charge in [0, 0.05) is 18.3 Å². The second-order valence-corrected chi connectivity index (χ2v) is 5.81. The Morgan fingerprint density at radius 3 is 2.86 bits per heavy atom. The first-order valence-corrected chi connectivity index (χ1v) is 7.76. The molecule has 22 heavy (non-hydrogen) atoms. The van der Waals surface area contributed by atoms with E-state index in [4.69, 9.17) is 16.9 Å². The lowest BCUT2D eigenvalue weighted by atomic mass is 10.2. The quantitative estimate of drug-likeness (QED) is 0.777. The summed E-state index contributed by atoms with van der Waals surface area (Å²) < 4.78 is 5.85. The number of nitriles is 1. The summed E-state index contributed by atoms with van der Waals surface area (Å²) in [5.74, 6) is 0. The Bertz CT molecular complexity index is 803. The minimum absolute atomic E-state index is 0.245. The van der Waals surface area contributed by atoms with E-state index in [0.717, 1.165) is 12.1 Å². The van der Waals surface area contributed by atoms with Gasteiger partial charge in [-0.2, -0.15) is 14.7 Å². The van der Waals surface area contributed by atoms with Crippen molar-refractivity contribution in [3.63, 3.8) is 0 Å². The van der Waals surface area contributed by atoms with Gasteiger partial charge in [-0.1, -0.05) is 41.9 Å². The fraction of sp³-hybridized carbons (Fsp3) is 0.133. The highest BCUT2D eigenvalue weighted by molar-refractivity contribution is 7.10. The van der Waals surface area contributed by atoms with Gasteiger partial charge in [-0.15, -0.1) is 0 Å². The number of aromatic nitrogens is 3. The highest BCUT2D eigenvalue weighted by Gasteiger charge is 2.11. The molecule has 0 atom stereocenters. The summed E-state index contributed by atoms with van der Waals surface area (Å²) in [5.41, 5.74) is 2.62. The Morgan fingerprint density at radius 1 is 1.27 bits per heavy atom. The number of hydrogen-bond donors (Lipinski definition) is 1. The van der Waals surface area contributed by atoms with Crippen molar-refractivity contribution in [1.29, 1.82) is 5.26 Å². The zero-order chi connectivity index (χ0) is 15.4. The molecule has 1 aromatic carbocycles. The van der Waals surface area contributed by atoms with Crippen molar-refractivity contribution < 1.29 is 0 Å². The summed E-state index contributed by atoms with van der Waals surface area (Å²) in [6.45, 7) is 1.30. The summed E-state index contributed by atoms with van der Waals surface area (Å²) in [7, 11) is 0. The van der Waals surface area contributed by atoms with Crippen LogP contribution in [0.1, 0.15) is 16.7 Å². The molecule has 0 aliphatic heterocycles. The van der Waals surface area contributed by atoms with E-state index in [1.807, 2.05) is 35.3 Å². The van der Waals surface area contributed by atoms with Crippen molar-refractivity contribution in [3.8, 4) is 6.07 Å². The molecule has 0 aliphatic rings. The fourth-order valence-corrected chi connectivity index (χ4v) is 2.95. The van der Waals surface area contributed by atoms with E-state index in [0.29, 0.717) is 17.1 Å². The number of nitrogens with zero attached hydrogens (tertiary/aromatic N) is 4. The van der Waals surface area contributed by atoms with Crippen LogP contribution in [0, 0.1) is 11.3 Å². The Morgan fingerprint density at radius 2 is 2.09 bits per heavy atom. The molecule has 1 N–H and O–H groups in total. The molecule has 0 saturated carbocycles. The van der Waals surface area contributed by atoms with Crippen LogP contribution in [0.4, 0.5) is 5.00 Å². The number of benzene rings is 1. The molecule has 2 aromatic heterocycles. The smallest absolute Gasteiger partial charge is 0.162 e. The molecule has 0 aliphatic carbocycles. The van der Waals surface area contributed by atoms with Gasteiger partial charge in [0.1, 0.15) is 16.6 Å². The van der Waals surface area contributed by atoms with Crippen LogP contribution in [0.3, 0.4) is 0 Å². The molecular weight excluding hydrogens is 318 g/mol. The van der Waals surface area contributed by atoms with Crippen molar-refractivity contribution in [2.45, 2.75) is 13.1 Å². The number of anilines is 1. The summed E-state index contributed by atoms with van der Waals surface area (Å²) in [4.78, 5) is 0. The summed E-state index contributed by atoms with van der Waals surface area (Å²) >= 11 is 7.03. The minimum Gasteiger partial charge on any atom is -0.370 e. The third-order valence-corrected chi connectivity index (χ3v) is 4.27. The van der Waals surface area contributed by atoms with Crippen molar-refractivity contribution in [2.24, 2.45) is 0 Å². The average Bonchev–Trinajstić information content (AvgIpc) is 3.12. The fourth-order valence-electron chi connectivity index (χ4n) is 2.03. The van der Waals surface area contributed by atoms with Gasteiger partial charge in [0.2, 0.25) is 0 Å². The van der Waals surface area contributed by atoms with Crippen LogP contribution in [0.25, 0.3) is 0 Å². The molecule has 0 unspecified atom stereocenters. The molecule has 110 valence electrons. The minimum atomic E-state index is 0.245. The molecule has 2 heterocycles. The maximum Gasteiger partial charge on any atom is 0.162 e. The number of halogens is 1. The summed E-state index contributed by atoms with van der Waals surface area (Å²) in [6.07, 6.45) is 3.79. The van der Waals surface area contributed by atoms with E-state index in [-0.39, 0.29) is 5.15 Å². The molecule has 3 aromatic rings. The van der Waals surface area contributed by atoms with Crippen molar-refractivity contribution >= 4 is 28.1 Å². The molecule has 0 amide bonds. The Hall–Kier alpha value is -2.36. The number of nitrogens with one attached hydrogen (secondary N) is 1. The average molecular weight is 330 g/mol. The van der Waals surface area contributed by atoms with E-state index in [9.17, 15) is 0 Å². The third-order valence-electron chi connectivity index (χ3n) is 3.09. The van der Waals surface area contributed by atoms with E-state index in [1.54, 1.807) is 0 Å². The van der Waals surface area contributed by atoms with Gasteiger partial charge < -0.3 is 5.32 Å². The van der Waals surface area contributed by atoms with Crippen LogP contribution in [0.15, 0.2) is 42.7 Å². The molecule has 0 radical (unpaired) electrons. The lowest BCUT2D eigenvalue weighted by Crippen LogP contribution is -2.00. The van der Waals surface area contributed by atoms with Gasteiger partial charge in [-0.25, -0.2) is 0 Å². The van der Waals surface area contributed by atoms with Crippen molar-refractivity contribution in [2.75, 3.05) is 5.32 Å². The van der Waals surface area contributed by atoms with Crippen LogP contribution in [-0.4, -0.2) is 14.2 Å². The van der Waals surface area contributed by atoms with Gasteiger partial charge in [-0.3, -0.25) is 4.68 Å². The third kappa shape index (κ3) is 3.27. The van der Waals surface area contributed by atoms with Crippen molar-refractivity contribution in [3.05, 3.63) is 64.6 Å². The molecule has 0 spiro atoms. The number of hydrogen-bond acceptors (Lipinski definition) is 5. The molecule has 5 nitrogen and oxygen atoms in total. The monoisotopic (exact) mass is 329 g/mol. The van der Waals surface area contributed by atoms with Gasteiger partial charge in [0.05, 0.1) is 12.7 Å². The normalized spacial score (nSPS) is 10.4.